The number of rotatable bonds is 7. The Bertz CT molecular complexity index is 495. The third-order valence-electron chi connectivity index (χ3n) is 3.21. The van der Waals surface area contributed by atoms with Crippen LogP contribution in [0.1, 0.15) is 13.3 Å². The average molecular weight is 303 g/mol. The summed E-state index contributed by atoms with van der Waals surface area (Å²) >= 11 is 0. The molecule has 0 saturated carbocycles. The summed E-state index contributed by atoms with van der Waals surface area (Å²) in [6.07, 6.45) is 3.96. The molecule has 0 spiro atoms. The van der Waals surface area contributed by atoms with Crippen LogP contribution in [0.25, 0.3) is 0 Å². The fraction of sp³-hybridized carbons (Fsp3) is 0.750. The summed E-state index contributed by atoms with van der Waals surface area (Å²) in [5, 5.41) is 3.97. The van der Waals surface area contributed by atoms with Crippen molar-refractivity contribution in [2.45, 2.75) is 25.5 Å². The summed E-state index contributed by atoms with van der Waals surface area (Å²) in [5.41, 5.74) is -0.400. The zero-order valence-corrected chi connectivity index (χ0v) is 12.4. The smallest absolute Gasteiger partial charge is 0.213 e. The van der Waals surface area contributed by atoms with Gasteiger partial charge < -0.3 is 9.47 Å². The predicted molar refractivity (Wildman–Crippen MR) is 73.8 cm³/mol. The van der Waals surface area contributed by atoms with Crippen molar-refractivity contribution in [1.29, 1.82) is 0 Å². The first-order valence-electron chi connectivity index (χ1n) is 6.66. The molecule has 0 aliphatic carbocycles. The second-order valence-corrected chi connectivity index (χ2v) is 7.01. The number of aryl methyl sites for hydroxylation is 1. The van der Waals surface area contributed by atoms with Gasteiger partial charge >= 0.3 is 0 Å². The molecule has 2 heterocycles. The molecule has 0 radical (unpaired) electrons. The van der Waals surface area contributed by atoms with Gasteiger partial charge in [-0.2, -0.15) is 5.10 Å². The van der Waals surface area contributed by atoms with Gasteiger partial charge in [-0.25, -0.2) is 13.1 Å². The molecule has 1 unspecified atom stereocenters. The Balaban J connectivity index is 1.72. The Morgan fingerprint density at radius 2 is 2.30 bits per heavy atom. The number of hydrogen-bond donors (Lipinski definition) is 1. The Labute approximate surface area is 119 Å². The minimum atomic E-state index is -3.29. The van der Waals surface area contributed by atoms with Crippen molar-refractivity contribution in [3.63, 3.8) is 0 Å². The van der Waals surface area contributed by atoms with E-state index in [2.05, 4.69) is 9.82 Å². The van der Waals surface area contributed by atoms with E-state index in [1.807, 2.05) is 6.92 Å². The molecular formula is C12H21N3O4S. The number of sulfonamides is 1. The maximum Gasteiger partial charge on any atom is 0.213 e. The van der Waals surface area contributed by atoms with Crippen molar-refractivity contribution in [2.24, 2.45) is 0 Å². The number of nitrogens with one attached hydrogen (secondary N) is 1. The van der Waals surface area contributed by atoms with E-state index in [0.717, 1.165) is 0 Å². The summed E-state index contributed by atoms with van der Waals surface area (Å²) in [6.45, 7) is 4.29. The fourth-order valence-electron chi connectivity index (χ4n) is 2.01. The van der Waals surface area contributed by atoms with Crippen molar-refractivity contribution in [3.05, 3.63) is 18.5 Å². The van der Waals surface area contributed by atoms with E-state index in [1.54, 1.807) is 23.1 Å². The van der Waals surface area contributed by atoms with Crippen LogP contribution in [0.5, 0.6) is 0 Å². The van der Waals surface area contributed by atoms with Gasteiger partial charge in [-0.15, -0.1) is 0 Å². The van der Waals surface area contributed by atoms with Crippen LogP contribution < -0.4 is 4.72 Å². The van der Waals surface area contributed by atoms with Crippen LogP contribution in [0.15, 0.2) is 18.5 Å². The number of nitrogens with zero attached hydrogens (tertiary/aromatic N) is 2. The predicted octanol–water partition coefficient (Wildman–Crippen LogP) is -0.00190. The summed E-state index contributed by atoms with van der Waals surface area (Å²) in [7, 11) is -3.29. The van der Waals surface area contributed by atoms with Crippen molar-refractivity contribution >= 4 is 10.0 Å². The summed E-state index contributed by atoms with van der Waals surface area (Å²) in [5.74, 6) is 0.0166. The highest BCUT2D eigenvalue weighted by molar-refractivity contribution is 7.89. The Morgan fingerprint density at radius 3 is 2.95 bits per heavy atom. The Kier molecular flexibility index (Phi) is 5.14. The minimum Gasteiger partial charge on any atom is -0.376 e. The molecule has 8 heteroatoms. The summed E-state index contributed by atoms with van der Waals surface area (Å²) in [6, 6.07) is 1.77. The first-order chi connectivity index (χ1) is 9.49. The third kappa shape index (κ3) is 4.86. The maximum absolute atomic E-state index is 11.8. The van der Waals surface area contributed by atoms with Gasteiger partial charge in [0.05, 0.1) is 37.7 Å². The summed E-state index contributed by atoms with van der Waals surface area (Å²) in [4.78, 5) is 0. The molecule has 0 bridgehead atoms. The van der Waals surface area contributed by atoms with Crippen LogP contribution >= 0.6 is 0 Å². The number of aromatic nitrogens is 2. The van der Waals surface area contributed by atoms with Crippen LogP contribution in [0.4, 0.5) is 0 Å². The van der Waals surface area contributed by atoms with Gasteiger partial charge in [0.1, 0.15) is 0 Å². The minimum absolute atomic E-state index is 0.0166. The molecule has 0 amide bonds. The molecule has 2 rings (SSSR count). The molecule has 1 saturated heterocycles. The van der Waals surface area contributed by atoms with Crippen LogP contribution in [0, 0.1) is 0 Å². The Hall–Kier alpha value is -0.960. The van der Waals surface area contributed by atoms with Gasteiger partial charge in [-0.05, 0) is 19.4 Å². The highest BCUT2D eigenvalue weighted by Gasteiger charge is 2.28. The molecule has 1 N–H and O–H groups in total. The lowest BCUT2D eigenvalue weighted by molar-refractivity contribution is -0.149. The van der Waals surface area contributed by atoms with Crippen LogP contribution in [0.3, 0.4) is 0 Å². The third-order valence-corrected chi connectivity index (χ3v) is 4.57. The molecular weight excluding hydrogens is 282 g/mol. The molecule has 1 aliphatic heterocycles. The van der Waals surface area contributed by atoms with Crippen LogP contribution in [0.2, 0.25) is 0 Å². The molecule has 1 aromatic rings. The topological polar surface area (TPSA) is 82.5 Å². The second-order valence-electron chi connectivity index (χ2n) is 5.08. The standard InChI is InChI=1S/C12H21N3O4S/c1-12(11-18-8-9-19-12)3-5-14-20(16,17)10-7-15-6-2-4-13-15/h2,4,6,14H,3,5,7-11H2,1H3. The van der Waals surface area contributed by atoms with Crippen LogP contribution in [-0.4, -0.2) is 55.9 Å². The fourth-order valence-corrected chi connectivity index (χ4v) is 3.00. The van der Waals surface area contributed by atoms with E-state index >= 15 is 0 Å². The van der Waals surface area contributed by atoms with E-state index in [1.165, 1.54) is 0 Å². The van der Waals surface area contributed by atoms with Crippen molar-refractivity contribution in [1.82, 2.24) is 14.5 Å². The molecule has 1 atom stereocenters. The van der Waals surface area contributed by atoms with Gasteiger partial charge in [-0.1, -0.05) is 0 Å². The Morgan fingerprint density at radius 1 is 1.45 bits per heavy atom. The largest absolute Gasteiger partial charge is 0.376 e. The zero-order valence-electron chi connectivity index (χ0n) is 11.6. The van der Waals surface area contributed by atoms with E-state index in [-0.39, 0.29) is 5.75 Å². The number of ether oxygens (including phenoxy) is 2. The van der Waals surface area contributed by atoms with Crippen molar-refractivity contribution < 1.29 is 17.9 Å². The van der Waals surface area contributed by atoms with Gasteiger partial charge in [-0.3, -0.25) is 4.68 Å². The van der Waals surface area contributed by atoms with Gasteiger partial charge in [0.25, 0.3) is 0 Å². The molecule has 114 valence electrons. The quantitative estimate of drug-likeness (QED) is 0.766. The molecule has 0 aromatic carbocycles. The number of hydrogen-bond acceptors (Lipinski definition) is 5. The molecule has 1 aliphatic rings. The first-order valence-corrected chi connectivity index (χ1v) is 8.31. The highest BCUT2D eigenvalue weighted by Crippen LogP contribution is 2.18. The van der Waals surface area contributed by atoms with E-state index in [4.69, 9.17) is 9.47 Å². The molecule has 7 nitrogen and oxygen atoms in total. The second kappa shape index (κ2) is 6.66. The normalized spacial score (nSPS) is 23.9. The van der Waals surface area contributed by atoms with E-state index in [9.17, 15) is 8.42 Å². The monoisotopic (exact) mass is 303 g/mol. The zero-order chi connectivity index (χ0) is 14.5. The lowest BCUT2D eigenvalue weighted by Gasteiger charge is -2.33. The SMILES string of the molecule is CC1(CCNS(=O)(=O)CCn2cccn2)COCCO1. The van der Waals surface area contributed by atoms with E-state index < -0.39 is 15.6 Å². The maximum atomic E-state index is 11.8. The van der Waals surface area contributed by atoms with E-state index in [0.29, 0.717) is 39.3 Å². The van der Waals surface area contributed by atoms with Gasteiger partial charge in [0.15, 0.2) is 0 Å². The first kappa shape index (κ1) is 15.4. The van der Waals surface area contributed by atoms with Crippen molar-refractivity contribution in [3.8, 4) is 0 Å². The summed E-state index contributed by atoms with van der Waals surface area (Å²) < 4.78 is 38.9. The molecule has 1 fully saturated rings. The van der Waals surface area contributed by atoms with Gasteiger partial charge in [0.2, 0.25) is 10.0 Å². The van der Waals surface area contributed by atoms with Gasteiger partial charge in [0, 0.05) is 18.9 Å². The lowest BCUT2D eigenvalue weighted by Crippen LogP contribution is -2.43. The lowest BCUT2D eigenvalue weighted by atomic mass is 10.0. The van der Waals surface area contributed by atoms with Crippen molar-refractivity contribution in [2.75, 3.05) is 32.1 Å². The average Bonchev–Trinajstić information content (AvgIpc) is 2.90. The highest BCUT2D eigenvalue weighted by atomic mass is 32.2. The van der Waals surface area contributed by atoms with Crippen LogP contribution in [-0.2, 0) is 26.0 Å². The molecule has 1 aromatic heterocycles. The molecule has 20 heavy (non-hydrogen) atoms.